The van der Waals surface area contributed by atoms with E-state index in [0.717, 1.165) is 25.9 Å². The fraction of sp³-hybridized carbons (Fsp3) is 0.579. The van der Waals surface area contributed by atoms with E-state index in [9.17, 15) is 9.18 Å². The number of ether oxygens (including phenoxy) is 1. The number of hydrogen-bond acceptors (Lipinski definition) is 5. The number of hydrogen-bond donors (Lipinski definition) is 2. The van der Waals surface area contributed by atoms with Crippen molar-refractivity contribution in [1.29, 1.82) is 0 Å². The summed E-state index contributed by atoms with van der Waals surface area (Å²) in [5.41, 5.74) is -0.0442. The van der Waals surface area contributed by atoms with E-state index < -0.39 is 11.4 Å². The van der Waals surface area contributed by atoms with Crippen LogP contribution in [0.1, 0.15) is 37.9 Å². The van der Waals surface area contributed by atoms with Gasteiger partial charge in [0.15, 0.2) is 0 Å². The summed E-state index contributed by atoms with van der Waals surface area (Å²) in [5, 5.41) is 3.93. The molecule has 4 rings (SSSR count). The molecule has 0 radical (unpaired) electrons. The Balaban J connectivity index is 1.51. The van der Waals surface area contributed by atoms with E-state index in [1.54, 1.807) is 17.8 Å². The minimum atomic E-state index is -0.572. The fourth-order valence-electron chi connectivity index (χ4n) is 3.43. The number of aromatic amines is 1. The van der Waals surface area contributed by atoms with E-state index >= 15 is 0 Å². The quantitative estimate of drug-likeness (QED) is 0.809. The molecule has 5 nitrogen and oxygen atoms in total. The maximum absolute atomic E-state index is 14.4. The average Bonchev–Trinajstić information content (AvgIpc) is 2.59. The summed E-state index contributed by atoms with van der Waals surface area (Å²) in [4.78, 5) is 19.5. The van der Waals surface area contributed by atoms with Crippen molar-refractivity contribution in [3.05, 3.63) is 34.1 Å². The van der Waals surface area contributed by atoms with Gasteiger partial charge in [-0.1, -0.05) is 6.42 Å². The fourth-order valence-corrected chi connectivity index (χ4v) is 4.53. The molecule has 0 bridgehead atoms. The number of H-pyrrole nitrogens is 1. The number of rotatable bonds is 6. The highest BCUT2D eigenvalue weighted by molar-refractivity contribution is 7.99. The molecule has 1 aliphatic carbocycles. The Morgan fingerprint density at radius 1 is 1.23 bits per heavy atom. The topological polar surface area (TPSA) is 67.0 Å². The highest BCUT2D eigenvalue weighted by Crippen LogP contribution is 2.28. The van der Waals surface area contributed by atoms with Crippen LogP contribution in [0, 0.1) is 11.7 Å². The van der Waals surface area contributed by atoms with Gasteiger partial charge in [-0.3, -0.25) is 4.79 Å². The molecule has 2 aliphatic rings. The molecule has 0 unspecified atom stereocenters. The van der Waals surface area contributed by atoms with E-state index in [4.69, 9.17) is 4.74 Å². The lowest BCUT2D eigenvalue weighted by Gasteiger charge is -2.25. The largest absolute Gasteiger partial charge is 0.493 e. The molecule has 1 aromatic heterocycles. The number of halogens is 1. The summed E-state index contributed by atoms with van der Waals surface area (Å²) in [6.07, 6.45) is 5.83. The van der Waals surface area contributed by atoms with Crippen molar-refractivity contribution in [2.45, 2.75) is 43.1 Å². The van der Waals surface area contributed by atoms with Gasteiger partial charge in [-0.2, -0.15) is 11.8 Å². The number of benzene rings is 1. The minimum absolute atomic E-state index is 0.0108. The maximum Gasteiger partial charge on any atom is 0.261 e. The van der Waals surface area contributed by atoms with Crippen molar-refractivity contribution in [3.63, 3.8) is 0 Å². The van der Waals surface area contributed by atoms with Crippen LogP contribution in [-0.2, 0) is 5.75 Å². The normalized spacial score (nSPS) is 18.8. The summed E-state index contributed by atoms with van der Waals surface area (Å²) in [5.74, 6) is 1.68. The molecule has 1 saturated heterocycles. The van der Waals surface area contributed by atoms with E-state index in [1.165, 1.54) is 25.3 Å². The molecule has 1 saturated carbocycles. The Bertz CT molecular complexity index is 831. The van der Waals surface area contributed by atoms with Crippen LogP contribution in [0.3, 0.4) is 0 Å². The number of aromatic nitrogens is 2. The van der Waals surface area contributed by atoms with Crippen molar-refractivity contribution in [2.75, 3.05) is 19.7 Å². The average molecular weight is 377 g/mol. The first kappa shape index (κ1) is 17.8. The zero-order chi connectivity index (χ0) is 17.9. The minimum Gasteiger partial charge on any atom is -0.493 e. The smallest absolute Gasteiger partial charge is 0.261 e. The zero-order valence-electron chi connectivity index (χ0n) is 14.7. The van der Waals surface area contributed by atoms with Crippen LogP contribution in [-0.4, -0.2) is 34.9 Å². The third-order valence-electron chi connectivity index (χ3n) is 5.24. The molecule has 0 atom stereocenters. The second kappa shape index (κ2) is 7.96. The lowest BCUT2D eigenvalue weighted by molar-refractivity contribution is 0.180. The Labute approximate surface area is 156 Å². The van der Waals surface area contributed by atoms with Crippen molar-refractivity contribution >= 4 is 22.7 Å². The van der Waals surface area contributed by atoms with Gasteiger partial charge in [-0.25, -0.2) is 9.37 Å². The molecule has 0 spiro atoms. The first-order valence-electron chi connectivity index (χ1n) is 9.36. The van der Waals surface area contributed by atoms with Crippen LogP contribution < -0.4 is 15.6 Å². The highest BCUT2D eigenvalue weighted by atomic mass is 32.2. The van der Waals surface area contributed by atoms with Crippen LogP contribution in [0.25, 0.3) is 10.9 Å². The van der Waals surface area contributed by atoms with E-state index in [0.29, 0.717) is 40.6 Å². The van der Waals surface area contributed by atoms with Crippen molar-refractivity contribution in [3.8, 4) is 5.75 Å². The van der Waals surface area contributed by atoms with Crippen molar-refractivity contribution in [2.24, 2.45) is 5.92 Å². The standard InChI is InChI=1S/C19H24FN3O2S/c20-15-8-13(25-10-12-2-1-3-12)9-16-18(15)19(24)23-17(22-16)11-26-14-4-6-21-7-5-14/h8-9,12,14,21H,1-7,10-11H2,(H,22,23,24). The zero-order valence-corrected chi connectivity index (χ0v) is 15.5. The van der Waals surface area contributed by atoms with Crippen molar-refractivity contribution in [1.82, 2.24) is 15.3 Å². The molecule has 1 aliphatic heterocycles. The molecule has 2 N–H and O–H groups in total. The number of piperidine rings is 1. The van der Waals surface area contributed by atoms with Gasteiger partial charge >= 0.3 is 0 Å². The summed E-state index contributed by atoms with van der Waals surface area (Å²) in [7, 11) is 0. The number of fused-ring (bicyclic) bond motifs is 1. The predicted molar refractivity (Wildman–Crippen MR) is 102 cm³/mol. The molecular weight excluding hydrogens is 353 g/mol. The van der Waals surface area contributed by atoms with Gasteiger partial charge in [-0.05, 0) is 44.7 Å². The van der Waals surface area contributed by atoms with Crippen LogP contribution in [0.15, 0.2) is 16.9 Å². The number of thioether (sulfide) groups is 1. The van der Waals surface area contributed by atoms with Crippen LogP contribution in [0.4, 0.5) is 4.39 Å². The third kappa shape index (κ3) is 4.04. The SMILES string of the molecule is O=c1[nH]c(CSC2CCNCC2)nc2cc(OCC3CCC3)cc(F)c12. The Hall–Kier alpha value is -1.60. The highest BCUT2D eigenvalue weighted by Gasteiger charge is 2.19. The summed E-state index contributed by atoms with van der Waals surface area (Å²) < 4.78 is 20.1. The monoisotopic (exact) mass is 377 g/mol. The van der Waals surface area contributed by atoms with Gasteiger partial charge < -0.3 is 15.0 Å². The second-order valence-corrected chi connectivity index (χ2v) is 8.47. The summed E-state index contributed by atoms with van der Waals surface area (Å²) in [6, 6.07) is 2.98. The molecule has 2 fully saturated rings. The molecule has 7 heteroatoms. The van der Waals surface area contributed by atoms with Gasteiger partial charge in [0.25, 0.3) is 5.56 Å². The molecule has 1 aromatic carbocycles. The van der Waals surface area contributed by atoms with Gasteiger partial charge in [0.1, 0.15) is 22.8 Å². The first-order valence-corrected chi connectivity index (χ1v) is 10.4. The lowest BCUT2D eigenvalue weighted by Crippen LogP contribution is -2.29. The Morgan fingerprint density at radius 2 is 2.04 bits per heavy atom. The summed E-state index contributed by atoms with van der Waals surface area (Å²) >= 11 is 1.80. The van der Waals surface area contributed by atoms with Gasteiger partial charge in [-0.15, -0.1) is 0 Å². The lowest BCUT2D eigenvalue weighted by atomic mass is 9.86. The van der Waals surface area contributed by atoms with E-state index in [-0.39, 0.29) is 5.39 Å². The van der Waals surface area contributed by atoms with Crippen LogP contribution in [0.5, 0.6) is 5.75 Å². The van der Waals surface area contributed by atoms with Crippen LogP contribution >= 0.6 is 11.8 Å². The number of nitrogens with one attached hydrogen (secondary N) is 2. The second-order valence-electron chi connectivity index (χ2n) is 7.18. The Morgan fingerprint density at radius 3 is 2.77 bits per heavy atom. The van der Waals surface area contributed by atoms with Gasteiger partial charge in [0.2, 0.25) is 0 Å². The molecule has 2 heterocycles. The molecular formula is C19H24FN3O2S. The predicted octanol–water partition coefficient (Wildman–Crippen LogP) is 3.23. The van der Waals surface area contributed by atoms with Crippen LogP contribution in [0.2, 0.25) is 0 Å². The molecule has 140 valence electrons. The third-order valence-corrected chi connectivity index (χ3v) is 6.62. The Kier molecular flexibility index (Phi) is 5.45. The van der Waals surface area contributed by atoms with E-state index in [2.05, 4.69) is 15.3 Å². The number of nitrogens with zero attached hydrogens (tertiary/aromatic N) is 1. The molecule has 0 amide bonds. The summed E-state index contributed by atoms with van der Waals surface area (Å²) in [6.45, 7) is 2.67. The first-order chi connectivity index (χ1) is 12.7. The maximum atomic E-state index is 14.4. The molecule has 2 aromatic rings. The molecule has 26 heavy (non-hydrogen) atoms. The van der Waals surface area contributed by atoms with Gasteiger partial charge in [0, 0.05) is 17.4 Å². The van der Waals surface area contributed by atoms with Gasteiger partial charge in [0.05, 0.1) is 17.9 Å². The van der Waals surface area contributed by atoms with Crippen molar-refractivity contribution < 1.29 is 9.13 Å². The van der Waals surface area contributed by atoms with E-state index in [1.807, 2.05) is 0 Å².